The molecule has 1 saturated carbocycles. The Morgan fingerprint density at radius 3 is 2.87 bits per heavy atom. The molecule has 15 heavy (non-hydrogen) atoms. The highest BCUT2D eigenvalue weighted by molar-refractivity contribution is 8.01. The molecule has 0 bridgehead atoms. The maximum Gasteiger partial charge on any atom is 0.0508 e. The molecule has 1 aromatic carbocycles. The summed E-state index contributed by atoms with van der Waals surface area (Å²) in [7, 11) is 0. The fraction of sp³-hybridized carbons (Fsp3) is 0.538. The van der Waals surface area contributed by atoms with Crippen LogP contribution in [0, 0.1) is 6.92 Å². The van der Waals surface area contributed by atoms with Crippen LogP contribution in [0.4, 0.5) is 5.69 Å². The van der Waals surface area contributed by atoms with Crippen molar-refractivity contribution >= 4 is 17.4 Å². The largest absolute Gasteiger partial charge is 0.383 e. The van der Waals surface area contributed by atoms with Crippen molar-refractivity contribution < 1.29 is 0 Å². The Morgan fingerprint density at radius 1 is 1.27 bits per heavy atom. The molecule has 0 atom stereocenters. The van der Waals surface area contributed by atoms with Crippen molar-refractivity contribution in [1.82, 2.24) is 0 Å². The Labute approximate surface area is 95.6 Å². The lowest BCUT2D eigenvalue weighted by Gasteiger charge is -2.35. The van der Waals surface area contributed by atoms with Crippen LogP contribution < -0.4 is 5.32 Å². The number of nitrogens with one attached hydrogen (secondary N) is 1. The van der Waals surface area contributed by atoms with Crippen LogP contribution in [0.1, 0.15) is 31.2 Å². The van der Waals surface area contributed by atoms with E-state index in [1.165, 1.54) is 41.8 Å². The summed E-state index contributed by atoms with van der Waals surface area (Å²) in [6, 6.07) is 6.63. The molecule has 1 spiro atoms. The Bertz CT molecular complexity index is 380. The molecule has 3 rings (SSSR count). The fourth-order valence-corrected chi connectivity index (χ4v) is 4.35. The molecule has 1 nitrogen and oxygen atoms in total. The van der Waals surface area contributed by atoms with Gasteiger partial charge in [-0.1, -0.05) is 25.0 Å². The van der Waals surface area contributed by atoms with Gasteiger partial charge < -0.3 is 5.32 Å². The number of hydrogen-bond donors (Lipinski definition) is 1. The summed E-state index contributed by atoms with van der Waals surface area (Å²) in [5.41, 5.74) is 2.76. The van der Waals surface area contributed by atoms with Crippen LogP contribution in [0.5, 0.6) is 0 Å². The van der Waals surface area contributed by atoms with Crippen molar-refractivity contribution in [1.29, 1.82) is 0 Å². The molecule has 1 N–H and O–H groups in total. The van der Waals surface area contributed by atoms with Gasteiger partial charge in [-0.25, -0.2) is 0 Å². The van der Waals surface area contributed by atoms with E-state index in [0.717, 1.165) is 6.54 Å². The van der Waals surface area contributed by atoms with Gasteiger partial charge in [0.2, 0.25) is 0 Å². The van der Waals surface area contributed by atoms with Gasteiger partial charge >= 0.3 is 0 Å². The molecule has 1 aliphatic heterocycles. The van der Waals surface area contributed by atoms with Crippen LogP contribution in [-0.2, 0) is 0 Å². The Kier molecular flexibility index (Phi) is 2.20. The topological polar surface area (TPSA) is 12.0 Å². The zero-order valence-corrected chi connectivity index (χ0v) is 9.99. The van der Waals surface area contributed by atoms with Crippen molar-refractivity contribution in [3.05, 3.63) is 23.8 Å². The van der Waals surface area contributed by atoms with Gasteiger partial charge in [-0.3, -0.25) is 0 Å². The Morgan fingerprint density at radius 2 is 2.07 bits per heavy atom. The van der Waals surface area contributed by atoms with E-state index in [-0.39, 0.29) is 0 Å². The van der Waals surface area contributed by atoms with E-state index in [4.69, 9.17) is 0 Å². The van der Waals surface area contributed by atoms with Crippen LogP contribution in [0.3, 0.4) is 0 Å². The number of rotatable bonds is 0. The first-order valence-corrected chi connectivity index (χ1v) is 6.63. The van der Waals surface area contributed by atoms with E-state index < -0.39 is 0 Å². The normalized spacial score (nSPS) is 22.5. The van der Waals surface area contributed by atoms with E-state index >= 15 is 0 Å². The standard InChI is InChI=1S/C13H17NS/c1-10-5-4-6-11-12(10)14-9-13(15-11)7-2-3-8-13/h4-6,14H,2-3,7-9H2,1H3. The quantitative estimate of drug-likeness (QED) is 0.712. The molecule has 1 aliphatic carbocycles. The van der Waals surface area contributed by atoms with Gasteiger partial charge in [-0.05, 0) is 31.4 Å². The van der Waals surface area contributed by atoms with Crippen LogP contribution in [0.15, 0.2) is 23.1 Å². The second-order valence-electron chi connectivity index (χ2n) is 4.79. The van der Waals surface area contributed by atoms with Crippen LogP contribution in [-0.4, -0.2) is 11.3 Å². The van der Waals surface area contributed by atoms with Crippen molar-refractivity contribution in [2.24, 2.45) is 0 Å². The van der Waals surface area contributed by atoms with Crippen molar-refractivity contribution in [2.45, 2.75) is 42.2 Å². The molecule has 2 heteroatoms. The molecular weight excluding hydrogens is 202 g/mol. The maximum absolute atomic E-state index is 3.64. The molecular formula is C13H17NS. The van der Waals surface area contributed by atoms with Crippen LogP contribution in [0.25, 0.3) is 0 Å². The van der Waals surface area contributed by atoms with Gasteiger partial charge in [-0.15, -0.1) is 11.8 Å². The number of para-hydroxylation sites is 1. The summed E-state index contributed by atoms with van der Waals surface area (Å²) >= 11 is 2.12. The van der Waals surface area contributed by atoms with Crippen molar-refractivity contribution in [2.75, 3.05) is 11.9 Å². The van der Waals surface area contributed by atoms with Crippen molar-refractivity contribution in [3.8, 4) is 0 Å². The van der Waals surface area contributed by atoms with E-state index in [1.807, 2.05) is 0 Å². The molecule has 0 saturated heterocycles. The summed E-state index contributed by atoms with van der Waals surface area (Å²) in [6.45, 7) is 3.36. The number of benzene rings is 1. The predicted octanol–water partition coefficient (Wildman–Crippen LogP) is 3.83. The summed E-state index contributed by atoms with van der Waals surface area (Å²) in [4.78, 5) is 1.46. The summed E-state index contributed by atoms with van der Waals surface area (Å²) in [5, 5.41) is 3.64. The number of fused-ring (bicyclic) bond motifs is 1. The number of anilines is 1. The Hall–Kier alpha value is -0.630. The van der Waals surface area contributed by atoms with Gasteiger partial charge in [0.05, 0.1) is 5.69 Å². The first-order valence-electron chi connectivity index (χ1n) is 5.82. The summed E-state index contributed by atoms with van der Waals surface area (Å²) in [5.74, 6) is 0. The summed E-state index contributed by atoms with van der Waals surface area (Å²) < 4.78 is 0.515. The molecule has 2 aliphatic rings. The number of thioether (sulfide) groups is 1. The molecule has 80 valence electrons. The minimum absolute atomic E-state index is 0.515. The van der Waals surface area contributed by atoms with E-state index in [1.54, 1.807) is 0 Å². The zero-order chi connectivity index (χ0) is 10.3. The Balaban J connectivity index is 1.96. The van der Waals surface area contributed by atoms with Gasteiger partial charge in [0.1, 0.15) is 0 Å². The van der Waals surface area contributed by atoms with Crippen molar-refractivity contribution in [3.63, 3.8) is 0 Å². The average Bonchev–Trinajstić information content (AvgIpc) is 2.66. The third-order valence-corrected chi connectivity index (χ3v) is 5.21. The molecule has 0 unspecified atom stereocenters. The molecule has 1 heterocycles. The second-order valence-corrected chi connectivity index (χ2v) is 6.30. The van der Waals surface area contributed by atoms with Crippen LogP contribution >= 0.6 is 11.8 Å². The SMILES string of the molecule is Cc1cccc2c1NCC1(CCCC1)S2. The lowest BCUT2D eigenvalue weighted by atomic mass is 10.1. The van der Waals surface area contributed by atoms with Gasteiger partial charge in [0, 0.05) is 16.2 Å². The summed E-state index contributed by atoms with van der Waals surface area (Å²) in [6.07, 6.45) is 5.60. The number of aryl methyl sites for hydroxylation is 1. The first-order chi connectivity index (χ1) is 7.29. The molecule has 1 aromatic rings. The highest BCUT2D eigenvalue weighted by Crippen LogP contribution is 2.50. The van der Waals surface area contributed by atoms with Gasteiger partial charge in [0.15, 0.2) is 0 Å². The van der Waals surface area contributed by atoms with Gasteiger partial charge in [-0.2, -0.15) is 0 Å². The van der Waals surface area contributed by atoms with Crippen LogP contribution in [0.2, 0.25) is 0 Å². The minimum atomic E-state index is 0.515. The third-order valence-electron chi connectivity index (χ3n) is 3.66. The maximum atomic E-state index is 3.64. The van der Waals surface area contributed by atoms with Gasteiger partial charge in [0.25, 0.3) is 0 Å². The smallest absolute Gasteiger partial charge is 0.0508 e. The lowest BCUT2D eigenvalue weighted by molar-refractivity contribution is 0.630. The molecule has 0 aromatic heterocycles. The van der Waals surface area contributed by atoms with E-state index in [2.05, 4.69) is 42.2 Å². The second kappa shape index (κ2) is 3.44. The molecule has 0 amide bonds. The van der Waals surface area contributed by atoms with E-state index in [0.29, 0.717) is 4.75 Å². The van der Waals surface area contributed by atoms with E-state index in [9.17, 15) is 0 Å². The number of hydrogen-bond acceptors (Lipinski definition) is 2. The highest BCUT2D eigenvalue weighted by Gasteiger charge is 2.38. The monoisotopic (exact) mass is 219 g/mol. The fourth-order valence-electron chi connectivity index (χ4n) is 2.77. The molecule has 0 radical (unpaired) electrons. The first kappa shape index (κ1) is 9.59. The average molecular weight is 219 g/mol. The predicted molar refractivity (Wildman–Crippen MR) is 66.7 cm³/mol. The minimum Gasteiger partial charge on any atom is -0.383 e. The lowest BCUT2D eigenvalue weighted by Crippen LogP contribution is -2.33. The zero-order valence-electron chi connectivity index (χ0n) is 9.18. The molecule has 1 fully saturated rings. The highest BCUT2D eigenvalue weighted by atomic mass is 32.2. The third kappa shape index (κ3) is 1.55.